The highest BCUT2D eigenvalue weighted by Crippen LogP contribution is 2.23. The molecule has 1 aliphatic heterocycles. The number of ether oxygens (including phenoxy) is 1. The van der Waals surface area contributed by atoms with Gasteiger partial charge in [-0.3, -0.25) is 9.69 Å². The summed E-state index contributed by atoms with van der Waals surface area (Å²) < 4.78 is 5.62. The highest BCUT2D eigenvalue weighted by Gasteiger charge is 2.23. The van der Waals surface area contributed by atoms with Crippen molar-refractivity contribution in [1.29, 1.82) is 0 Å². The van der Waals surface area contributed by atoms with Crippen LogP contribution in [-0.2, 0) is 6.54 Å². The van der Waals surface area contributed by atoms with E-state index in [0.29, 0.717) is 37.7 Å². The average Bonchev–Trinajstić information content (AvgIpc) is 3.10. The minimum atomic E-state index is -0.180. The zero-order valence-electron chi connectivity index (χ0n) is 15.6. The number of urea groups is 1. The van der Waals surface area contributed by atoms with Crippen LogP contribution in [0.3, 0.4) is 0 Å². The van der Waals surface area contributed by atoms with Gasteiger partial charge in [0.2, 0.25) is 5.88 Å². The Morgan fingerprint density at radius 1 is 1.37 bits per heavy atom. The molecule has 0 radical (unpaired) electrons. The number of nitrogens with zero attached hydrogens (tertiary/aromatic N) is 2. The number of aryl methyl sites for hydroxylation is 1. The van der Waals surface area contributed by atoms with Gasteiger partial charge in [-0.2, -0.15) is 0 Å². The number of carbonyl (C=O) groups is 2. The second-order valence-corrected chi connectivity index (χ2v) is 6.38. The van der Waals surface area contributed by atoms with E-state index in [2.05, 4.69) is 15.6 Å². The zero-order chi connectivity index (χ0) is 19.2. The maximum atomic E-state index is 12.5. The Morgan fingerprint density at radius 2 is 2.22 bits per heavy atom. The zero-order valence-corrected chi connectivity index (χ0v) is 15.6. The molecule has 3 amide bonds. The lowest BCUT2D eigenvalue weighted by Gasteiger charge is -2.17. The Labute approximate surface area is 158 Å². The number of anilines is 1. The van der Waals surface area contributed by atoms with Gasteiger partial charge in [0.05, 0.1) is 6.61 Å². The molecule has 0 bridgehead atoms. The number of rotatable bonds is 7. The molecule has 0 saturated carbocycles. The Balaban J connectivity index is 1.67. The highest BCUT2D eigenvalue weighted by molar-refractivity contribution is 5.97. The standard InChI is InChI=1S/C20H24N4O3/c1-3-11-27-19-16(5-4-8-21-19)13-23-18(25)15-6-7-17(14(2)12-15)24-10-9-22-20(24)26/h4-8,12H,3,9-11,13H2,1-2H3,(H,22,26)(H,23,25). The molecule has 0 aliphatic carbocycles. The van der Waals surface area contributed by atoms with Gasteiger partial charge in [0.25, 0.3) is 5.91 Å². The van der Waals surface area contributed by atoms with Crippen molar-refractivity contribution in [1.82, 2.24) is 15.6 Å². The molecule has 0 spiro atoms. The first-order chi connectivity index (χ1) is 13.1. The van der Waals surface area contributed by atoms with E-state index in [1.807, 2.05) is 32.0 Å². The molecular formula is C20H24N4O3. The van der Waals surface area contributed by atoms with Crippen LogP contribution in [0.1, 0.15) is 34.8 Å². The average molecular weight is 368 g/mol. The van der Waals surface area contributed by atoms with Crippen molar-refractivity contribution in [3.63, 3.8) is 0 Å². The summed E-state index contributed by atoms with van der Waals surface area (Å²) in [5.41, 5.74) is 3.09. The number of benzene rings is 1. The minimum absolute atomic E-state index is 0.105. The lowest BCUT2D eigenvalue weighted by molar-refractivity contribution is 0.0950. The first kappa shape index (κ1) is 18.7. The van der Waals surface area contributed by atoms with Crippen molar-refractivity contribution in [2.45, 2.75) is 26.8 Å². The Bertz CT molecular complexity index is 838. The van der Waals surface area contributed by atoms with Crippen LogP contribution in [0, 0.1) is 6.92 Å². The van der Waals surface area contributed by atoms with Gasteiger partial charge < -0.3 is 15.4 Å². The van der Waals surface area contributed by atoms with Crippen LogP contribution in [-0.4, -0.2) is 36.6 Å². The van der Waals surface area contributed by atoms with Crippen molar-refractivity contribution in [3.8, 4) is 5.88 Å². The lowest BCUT2D eigenvalue weighted by atomic mass is 10.1. The van der Waals surface area contributed by atoms with Crippen LogP contribution >= 0.6 is 0 Å². The van der Waals surface area contributed by atoms with Crippen LogP contribution < -0.4 is 20.3 Å². The van der Waals surface area contributed by atoms with Crippen LogP contribution in [0.5, 0.6) is 5.88 Å². The molecule has 1 aromatic carbocycles. The molecule has 2 heterocycles. The number of hydrogen-bond acceptors (Lipinski definition) is 4. The molecule has 2 aromatic rings. The molecule has 3 rings (SSSR count). The summed E-state index contributed by atoms with van der Waals surface area (Å²) in [5, 5.41) is 5.69. The molecule has 0 atom stereocenters. The molecular weight excluding hydrogens is 344 g/mol. The first-order valence-electron chi connectivity index (χ1n) is 9.11. The minimum Gasteiger partial charge on any atom is -0.477 e. The molecule has 27 heavy (non-hydrogen) atoms. The quantitative estimate of drug-likeness (QED) is 0.787. The lowest BCUT2D eigenvalue weighted by Crippen LogP contribution is -2.28. The van der Waals surface area contributed by atoms with Crippen molar-refractivity contribution in [2.75, 3.05) is 24.6 Å². The maximum Gasteiger partial charge on any atom is 0.322 e. The third-order valence-electron chi connectivity index (χ3n) is 4.34. The molecule has 7 heteroatoms. The van der Waals surface area contributed by atoms with Crippen LogP contribution in [0.25, 0.3) is 0 Å². The SMILES string of the molecule is CCCOc1ncccc1CNC(=O)c1ccc(N2CCNC2=O)c(C)c1. The Morgan fingerprint density at radius 3 is 2.93 bits per heavy atom. The van der Waals surface area contributed by atoms with E-state index in [1.165, 1.54) is 0 Å². The molecule has 1 saturated heterocycles. The fraction of sp³-hybridized carbons (Fsp3) is 0.350. The molecule has 2 N–H and O–H groups in total. The fourth-order valence-electron chi connectivity index (χ4n) is 2.97. The molecule has 1 aromatic heterocycles. The number of carbonyl (C=O) groups excluding carboxylic acids is 2. The molecule has 7 nitrogen and oxygen atoms in total. The van der Waals surface area contributed by atoms with Crippen molar-refractivity contribution in [2.24, 2.45) is 0 Å². The number of hydrogen-bond donors (Lipinski definition) is 2. The number of aromatic nitrogens is 1. The summed E-state index contributed by atoms with van der Waals surface area (Å²) in [6, 6.07) is 8.95. The van der Waals surface area contributed by atoms with E-state index in [-0.39, 0.29) is 11.9 Å². The van der Waals surface area contributed by atoms with Crippen molar-refractivity contribution >= 4 is 17.6 Å². The maximum absolute atomic E-state index is 12.5. The van der Waals surface area contributed by atoms with Crippen molar-refractivity contribution in [3.05, 3.63) is 53.2 Å². The first-order valence-corrected chi connectivity index (χ1v) is 9.11. The van der Waals surface area contributed by atoms with Crippen LogP contribution in [0.2, 0.25) is 0 Å². The predicted octanol–water partition coefficient (Wildman–Crippen LogP) is 2.64. The van der Waals surface area contributed by atoms with Gasteiger partial charge in [-0.05, 0) is 43.2 Å². The van der Waals surface area contributed by atoms with Crippen LogP contribution in [0.4, 0.5) is 10.5 Å². The van der Waals surface area contributed by atoms with Gasteiger partial charge in [-0.25, -0.2) is 9.78 Å². The second-order valence-electron chi connectivity index (χ2n) is 6.38. The van der Waals surface area contributed by atoms with Crippen molar-refractivity contribution < 1.29 is 14.3 Å². The number of nitrogens with one attached hydrogen (secondary N) is 2. The molecule has 142 valence electrons. The van der Waals surface area contributed by atoms with E-state index in [0.717, 1.165) is 23.2 Å². The predicted molar refractivity (Wildman–Crippen MR) is 103 cm³/mol. The summed E-state index contributed by atoms with van der Waals surface area (Å²) in [5.74, 6) is 0.368. The summed E-state index contributed by atoms with van der Waals surface area (Å²) in [6.07, 6.45) is 2.57. The third kappa shape index (κ3) is 4.36. The van der Waals surface area contributed by atoms with Gasteiger partial charge in [0.15, 0.2) is 0 Å². The summed E-state index contributed by atoms with van der Waals surface area (Å²) in [6.45, 7) is 6.11. The monoisotopic (exact) mass is 368 g/mol. The largest absolute Gasteiger partial charge is 0.477 e. The summed E-state index contributed by atoms with van der Waals surface area (Å²) in [4.78, 5) is 30.3. The van der Waals surface area contributed by atoms with E-state index < -0.39 is 0 Å². The number of amides is 3. The Hall–Kier alpha value is -3.09. The highest BCUT2D eigenvalue weighted by atomic mass is 16.5. The Kier molecular flexibility index (Phi) is 5.90. The van der Waals surface area contributed by atoms with E-state index in [9.17, 15) is 9.59 Å². The molecule has 1 aliphatic rings. The second kappa shape index (κ2) is 8.53. The molecule has 1 fully saturated rings. The molecule has 0 unspecified atom stereocenters. The van der Waals surface area contributed by atoms with Gasteiger partial charge in [-0.1, -0.05) is 13.0 Å². The van der Waals surface area contributed by atoms with Gasteiger partial charge >= 0.3 is 6.03 Å². The summed E-state index contributed by atoms with van der Waals surface area (Å²) in [7, 11) is 0. The van der Waals surface area contributed by atoms with Gasteiger partial charge in [-0.15, -0.1) is 0 Å². The smallest absolute Gasteiger partial charge is 0.322 e. The van der Waals surface area contributed by atoms with Gasteiger partial charge in [0, 0.05) is 42.6 Å². The van der Waals surface area contributed by atoms with E-state index in [4.69, 9.17) is 4.74 Å². The van der Waals surface area contributed by atoms with E-state index in [1.54, 1.807) is 23.2 Å². The van der Waals surface area contributed by atoms with E-state index >= 15 is 0 Å². The fourth-order valence-corrected chi connectivity index (χ4v) is 2.97. The van der Waals surface area contributed by atoms with Gasteiger partial charge in [0.1, 0.15) is 0 Å². The van der Waals surface area contributed by atoms with Crippen LogP contribution in [0.15, 0.2) is 36.5 Å². The summed E-state index contributed by atoms with van der Waals surface area (Å²) >= 11 is 0. The third-order valence-corrected chi connectivity index (χ3v) is 4.34. The topological polar surface area (TPSA) is 83.6 Å². The number of pyridine rings is 1. The normalized spacial score (nSPS) is 13.4.